The van der Waals surface area contributed by atoms with Crippen molar-refractivity contribution >= 4 is 16.7 Å². The lowest BCUT2D eigenvalue weighted by atomic mass is 10.1. The highest BCUT2D eigenvalue weighted by Gasteiger charge is 2.31. The molecule has 1 saturated heterocycles. The molecule has 1 saturated carbocycles. The van der Waals surface area contributed by atoms with Gasteiger partial charge in [-0.05, 0) is 25.0 Å². The number of aromatic nitrogens is 1. The summed E-state index contributed by atoms with van der Waals surface area (Å²) in [5.74, 6) is 0.945. The standard InChI is InChI=1S/C17H18N4/c18-12-13-11-17(19-16-4-2-1-3-15(13)16)21-9-7-20(8-10-21)14-5-6-14/h1-4,11,14H,5-10H2. The Morgan fingerprint density at radius 3 is 2.57 bits per heavy atom. The van der Waals surface area contributed by atoms with E-state index in [0.717, 1.165) is 54.5 Å². The van der Waals surface area contributed by atoms with Gasteiger partial charge in [-0.2, -0.15) is 5.26 Å². The number of piperazine rings is 1. The zero-order valence-corrected chi connectivity index (χ0v) is 12.0. The zero-order valence-electron chi connectivity index (χ0n) is 12.0. The second kappa shape index (κ2) is 5.01. The van der Waals surface area contributed by atoms with Crippen molar-refractivity contribution in [2.45, 2.75) is 18.9 Å². The van der Waals surface area contributed by atoms with Gasteiger partial charge in [0.15, 0.2) is 0 Å². The van der Waals surface area contributed by atoms with Gasteiger partial charge in [0.25, 0.3) is 0 Å². The Balaban J connectivity index is 1.63. The van der Waals surface area contributed by atoms with Crippen molar-refractivity contribution < 1.29 is 0 Å². The number of nitriles is 1. The lowest BCUT2D eigenvalue weighted by molar-refractivity contribution is 0.247. The summed E-state index contributed by atoms with van der Waals surface area (Å²) in [4.78, 5) is 9.65. The molecular weight excluding hydrogens is 260 g/mol. The maximum absolute atomic E-state index is 9.38. The van der Waals surface area contributed by atoms with E-state index in [1.807, 2.05) is 30.3 Å². The van der Waals surface area contributed by atoms with E-state index in [2.05, 4.69) is 15.9 Å². The predicted molar refractivity (Wildman–Crippen MR) is 83.3 cm³/mol. The molecule has 0 radical (unpaired) electrons. The highest BCUT2D eigenvalue weighted by atomic mass is 15.3. The molecule has 0 amide bonds. The van der Waals surface area contributed by atoms with Crippen LogP contribution < -0.4 is 4.90 Å². The van der Waals surface area contributed by atoms with Crippen LogP contribution in [0.15, 0.2) is 30.3 Å². The van der Waals surface area contributed by atoms with E-state index in [0.29, 0.717) is 0 Å². The molecule has 2 aromatic rings. The van der Waals surface area contributed by atoms with Crippen LogP contribution in [0.5, 0.6) is 0 Å². The molecule has 0 atom stereocenters. The average molecular weight is 278 g/mol. The molecule has 1 aliphatic heterocycles. The molecule has 0 N–H and O–H groups in total. The Bertz CT molecular complexity index is 706. The summed E-state index contributed by atoms with van der Waals surface area (Å²) < 4.78 is 0. The molecule has 4 heteroatoms. The van der Waals surface area contributed by atoms with Crippen LogP contribution in [-0.4, -0.2) is 42.1 Å². The fraction of sp³-hybridized carbons (Fsp3) is 0.412. The van der Waals surface area contributed by atoms with E-state index >= 15 is 0 Å². The first-order valence-corrected chi connectivity index (χ1v) is 7.64. The number of nitrogens with zero attached hydrogens (tertiary/aromatic N) is 4. The third kappa shape index (κ3) is 2.34. The Labute approximate surface area is 124 Å². The van der Waals surface area contributed by atoms with Crippen LogP contribution in [0.25, 0.3) is 10.9 Å². The largest absolute Gasteiger partial charge is 0.354 e. The lowest BCUT2D eigenvalue weighted by Gasteiger charge is -2.35. The van der Waals surface area contributed by atoms with Crippen molar-refractivity contribution in [1.29, 1.82) is 5.26 Å². The summed E-state index contributed by atoms with van der Waals surface area (Å²) >= 11 is 0. The van der Waals surface area contributed by atoms with Gasteiger partial charge >= 0.3 is 0 Å². The number of benzene rings is 1. The quantitative estimate of drug-likeness (QED) is 0.846. The first-order valence-electron chi connectivity index (χ1n) is 7.64. The second-order valence-corrected chi connectivity index (χ2v) is 5.91. The highest BCUT2D eigenvalue weighted by molar-refractivity contribution is 5.86. The van der Waals surface area contributed by atoms with Crippen molar-refractivity contribution in [2.24, 2.45) is 0 Å². The summed E-state index contributed by atoms with van der Waals surface area (Å²) in [5, 5.41) is 10.3. The van der Waals surface area contributed by atoms with Gasteiger partial charge in [-0.1, -0.05) is 18.2 Å². The van der Waals surface area contributed by atoms with Crippen LogP contribution in [-0.2, 0) is 0 Å². The van der Waals surface area contributed by atoms with Gasteiger partial charge in [0, 0.05) is 37.6 Å². The molecule has 4 nitrogen and oxygen atoms in total. The number of fused-ring (bicyclic) bond motifs is 1. The summed E-state index contributed by atoms with van der Waals surface area (Å²) in [5.41, 5.74) is 1.64. The molecule has 21 heavy (non-hydrogen) atoms. The van der Waals surface area contributed by atoms with E-state index < -0.39 is 0 Å². The fourth-order valence-corrected chi connectivity index (χ4v) is 3.17. The van der Waals surface area contributed by atoms with E-state index in [9.17, 15) is 5.26 Å². The molecule has 1 aliphatic carbocycles. The number of hydrogen-bond donors (Lipinski definition) is 0. The molecule has 1 aromatic heterocycles. The van der Waals surface area contributed by atoms with Gasteiger partial charge in [0.05, 0.1) is 17.1 Å². The smallest absolute Gasteiger partial charge is 0.130 e. The zero-order chi connectivity index (χ0) is 14.2. The van der Waals surface area contributed by atoms with Crippen LogP contribution in [0.2, 0.25) is 0 Å². The Kier molecular flexibility index (Phi) is 3.01. The summed E-state index contributed by atoms with van der Waals surface area (Å²) in [7, 11) is 0. The molecule has 0 bridgehead atoms. The minimum absolute atomic E-state index is 0.722. The van der Waals surface area contributed by atoms with E-state index in [-0.39, 0.29) is 0 Å². The normalized spacial score (nSPS) is 19.7. The number of para-hydroxylation sites is 1. The van der Waals surface area contributed by atoms with E-state index in [1.165, 1.54) is 12.8 Å². The predicted octanol–water partition coefficient (Wildman–Crippen LogP) is 2.39. The minimum Gasteiger partial charge on any atom is -0.354 e. The first-order chi connectivity index (χ1) is 10.3. The van der Waals surface area contributed by atoms with Gasteiger partial charge < -0.3 is 4.90 Å². The molecule has 106 valence electrons. The molecular formula is C17H18N4. The lowest BCUT2D eigenvalue weighted by Crippen LogP contribution is -2.47. The van der Waals surface area contributed by atoms with Gasteiger partial charge in [0.2, 0.25) is 0 Å². The van der Waals surface area contributed by atoms with Crippen molar-refractivity contribution in [3.05, 3.63) is 35.9 Å². The molecule has 0 unspecified atom stereocenters. The number of anilines is 1. The van der Waals surface area contributed by atoms with Crippen molar-refractivity contribution in [2.75, 3.05) is 31.1 Å². The molecule has 2 heterocycles. The maximum atomic E-state index is 9.38. The molecule has 0 spiro atoms. The van der Waals surface area contributed by atoms with Crippen molar-refractivity contribution in [3.63, 3.8) is 0 Å². The highest BCUT2D eigenvalue weighted by Crippen LogP contribution is 2.29. The number of pyridine rings is 1. The Morgan fingerprint density at radius 2 is 1.86 bits per heavy atom. The minimum atomic E-state index is 0.722. The molecule has 1 aromatic carbocycles. The summed E-state index contributed by atoms with van der Waals surface area (Å²) in [6.07, 6.45) is 2.74. The topological polar surface area (TPSA) is 43.2 Å². The summed E-state index contributed by atoms with van der Waals surface area (Å²) in [6, 6.07) is 13.0. The van der Waals surface area contributed by atoms with E-state index in [1.54, 1.807) is 0 Å². The second-order valence-electron chi connectivity index (χ2n) is 5.91. The van der Waals surface area contributed by atoms with Crippen LogP contribution in [0.4, 0.5) is 5.82 Å². The van der Waals surface area contributed by atoms with Gasteiger partial charge in [-0.3, -0.25) is 4.90 Å². The number of hydrogen-bond acceptors (Lipinski definition) is 4. The van der Waals surface area contributed by atoms with Gasteiger partial charge in [-0.25, -0.2) is 4.98 Å². The van der Waals surface area contributed by atoms with Crippen molar-refractivity contribution in [1.82, 2.24) is 9.88 Å². The SMILES string of the molecule is N#Cc1cc(N2CCN(C3CC3)CC2)nc2ccccc12. The van der Waals surface area contributed by atoms with Gasteiger partial charge in [0.1, 0.15) is 5.82 Å². The Morgan fingerprint density at radius 1 is 1.10 bits per heavy atom. The third-order valence-corrected chi connectivity index (χ3v) is 4.52. The third-order valence-electron chi connectivity index (χ3n) is 4.52. The summed E-state index contributed by atoms with van der Waals surface area (Å²) in [6.45, 7) is 4.24. The van der Waals surface area contributed by atoms with Crippen LogP contribution >= 0.6 is 0 Å². The first kappa shape index (κ1) is 12.6. The molecule has 2 fully saturated rings. The molecule has 4 rings (SSSR count). The molecule has 2 aliphatic rings. The average Bonchev–Trinajstić information content (AvgIpc) is 3.39. The Hall–Kier alpha value is -2.12. The fourth-order valence-electron chi connectivity index (χ4n) is 3.17. The van der Waals surface area contributed by atoms with E-state index in [4.69, 9.17) is 4.98 Å². The van der Waals surface area contributed by atoms with Crippen LogP contribution in [0, 0.1) is 11.3 Å². The van der Waals surface area contributed by atoms with Crippen molar-refractivity contribution in [3.8, 4) is 6.07 Å². The number of rotatable bonds is 2. The van der Waals surface area contributed by atoms with Crippen LogP contribution in [0.1, 0.15) is 18.4 Å². The maximum Gasteiger partial charge on any atom is 0.130 e. The van der Waals surface area contributed by atoms with Gasteiger partial charge in [-0.15, -0.1) is 0 Å². The van der Waals surface area contributed by atoms with Crippen LogP contribution in [0.3, 0.4) is 0 Å². The monoisotopic (exact) mass is 278 g/mol.